The monoisotopic (exact) mass is 504 g/mol. The molecule has 5 rings (SSSR count). The van der Waals surface area contributed by atoms with E-state index in [9.17, 15) is 4.79 Å². The Morgan fingerprint density at radius 1 is 0.838 bits per heavy atom. The Labute approximate surface area is 216 Å². The molecule has 0 radical (unpaired) electrons. The Morgan fingerprint density at radius 2 is 1.54 bits per heavy atom. The molecule has 0 N–H and O–H groups in total. The van der Waals surface area contributed by atoms with Gasteiger partial charge >= 0.3 is 0 Å². The molecule has 0 atom stereocenters. The number of nitrogens with zero attached hydrogens (tertiary/aromatic N) is 4. The Kier molecular flexibility index (Phi) is 7.30. The van der Waals surface area contributed by atoms with Crippen molar-refractivity contribution in [3.8, 4) is 28.9 Å². The lowest BCUT2D eigenvalue weighted by Crippen LogP contribution is -2.37. The van der Waals surface area contributed by atoms with Gasteiger partial charge in [-0.05, 0) is 43.5 Å². The molecular weight excluding hydrogens is 472 g/mol. The third-order valence-corrected chi connectivity index (χ3v) is 6.81. The summed E-state index contributed by atoms with van der Waals surface area (Å²) in [7, 11) is 4.75. The van der Waals surface area contributed by atoms with Crippen molar-refractivity contribution in [3.05, 3.63) is 59.3 Å². The maximum Gasteiger partial charge on any atom is 0.254 e. The molecule has 194 valence electrons. The Morgan fingerprint density at radius 3 is 2.22 bits per heavy atom. The molecule has 0 unspecified atom stereocenters. The number of hydrogen-bond donors (Lipinski definition) is 0. The lowest BCUT2D eigenvalue weighted by atomic mass is 10.0. The highest BCUT2D eigenvalue weighted by Crippen LogP contribution is 2.36. The van der Waals surface area contributed by atoms with Crippen LogP contribution in [0.5, 0.6) is 28.9 Å². The maximum atomic E-state index is 13.5. The normalized spacial score (nSPS) is 15.1. The topological polar surface area (TPSA) is 86.3 Å². The number of amides is 1. The van der Waals surface area contributed by atoms with Crippen LogP contribution in [0.2, 0.25) is 0 Å². The zero-order valence-electron chi connectivity index (χ0n) is 21.5. The van der Waals surface area contributed by atoms with Crippen molar-refractivity contribution in [2.75, 3.05) is 45.9 Å². The summed E-state index contributed by atoms with van der Waals surface area (Å²) < 4.78 is 22.6. The largest absolute Gasteiger partial charge is 0.497 e. The highest BCUT2D eigenvalue weighted by Gasteiger charge is 2.29. The fourth-order valence-electron chi connectivity index (χ4n) is 4.79. The number of para-hydroxylation sites is 2. The maximum absolute atomic E-state index is 13.5. The van der Waals surface area contributed by atoms with Gasteiger partial charge in [-0.3, -0.25) is 4.79 Å². The van der Waals surface area contributed by atoms with Crippen LogP contribution in [-0.2, 0) is 13.0 Å². The number of methoxy groups -OCH3 is 3. The number of piperidine rings is 1. The number of hydrogen-bond acceptors (Lipinski definition) is 8. The second kappa shape index (κ2) is 10.9. The Hall–Kier alpha value is -4.01. The summed E-state index contributed by atoms with van der Waals surface area (Å²) in [5.74, 6) is 3.32. The summed E-state index contributed by atoms with van der Waals surface area (Å²) in [4.78, 5) is 27.3. The van der Waals surface area contributed by atoms with Gasteiger partial charge < -0.3 is 28.7 Å². The third-order valence-electron chi connectivity index (χ3n) is 6.81. The second-order valence-corrected chi connectivity index (χ2v) is 9.13. The summed E-state index contributed by atoms with van der Waals surface area (Å²) in [5.41, 5.74) is 2.21. The van der Waals surface area contributed by atoms with Gasteiger partial charge in [-0.15, -0.1) is 0 Å². The highest BCUT2D eigenvalue weighted by atomic mass is 16.5. The first kappa shape index (κ1) is 24.7. The molecule has 3 aromatic rings. The van der Waals surface area contributed by atoms with Crippen molar-refractivity contribution in [2.45, 2.75) is 32.2 Å². The van der Waals surface area contributed by atoms with Gasteiger partial charge in [-0.2, -0.15) is 4.98 Å². The second-order valence-electron chi connectivity index (χ2n) is 9.13. The number of benzene rings is 2. The summed E-state index contributed by atoms with van der Waals surface area (Å²) >= 11 is 0. The highest BCUT2D eigenvalue weighted by molar-refractivity contribution is 5.95. The molecule has 9 nitrogen and oxygen atoms in total. The molecule has 0 spiro atoms. The quantitative estimate of drug-likeness (QED) is 0.466. The molecule has 3 heterocycles. The molecule has 1 amide bonds. The molecule has 0 bridgehead atoms. The fourth-order valence-corrected chi connectivity index (χ4v) is 4.79. The van der Waals surface area contributed by atoms with Crippen molar-refractivity contribution < 1.29 is 23.7 Å². The van der Waals surface area contributed by atoms with Gasteiger partial charge in [0.1, 0.15) is 11.5 Å². The van der Waals surface area contributed by atoms with Crippen LogP contribution in [0.3, 0.4) is 0 Å². The first-order valence-electron chi connectivity index (χ1n) is 12.6. The van der Waals surface area contributed by atoms with Crippen LogP contribution in [0.4, 0.5) is 5.95 Å². The zero-order valence-corrected chi connectivity index (χ0v) is 21.5. The average molecular weight is 505 g/mol. The van der Waals surface area contributed by atoms with E-state index in [1.807, 2.05) is 24.3 Å². The molecule has 2 aromatic carbocycles. The van der Waals surface area contributed by atoms with Crippen molar-refractivity contribution in [2.24, 2.45) is 0 Å². The van der Waals surface area contributed by atoms with Crippen molar-refractivity contribution in [1.29, 1.82) is 0 Å². The minimum Gasteiger partial charge on any atom is -0.497 e. The number of fused-ring (bicyclic) bond motifs is 1. The first-order chi connectivity index (χ1) is 18.1. The van der Waals surface area contributed by atoms with Gasteiger partial charge in [0.2, 0.25) is 11.8 Å². The van der Waals surface area contributed by atoms with Gasteiger partial charge in [-0.25, -0.2) is 4.98 Å². The Bertz CT molecular complexity index is 1250. The molecule has 9 heteroatoms. The van der Waals surface area contributed by atoms with Gasteiger partial charge in [0, 0.05) is 37.7 Å². The van der Waals surface area contributed by atoms with Crippen LogP contribution < -0.4 is 23.8 Å². The number of carbonyl (C=O) groups is 1. The van der Waals surface area contributed by atoms with Crippen LogP contribution in [0.15, 0.2) is 42.5 Å². The molecule has 0 saturated carbocycles. The van der Waals surface area contributed by atoms with Crippen LogP contribution >= 0.6 is 0 Å². The van der Waals surface area contributed by atoms with E-state index in [1.165, 1.54) is 6.42 Å². The zero-order chi connectivity index (χ0) is 25.8. The van der Waals surface area contributed by atoms with Crippen molar-refractivity contribution >= 4 is 11.9 Å². The number of carbonyl (C=O) groups excluding carboxylic acids is 1. The van der Waals surface area contributed by atoms with E-state index in [0.29, 0.717) is 59.9 Å². The SMILES string of the molecule is COc1cc(OC)cc(C(=O)N2CCc3nc(N4CCCCC4)nc(Oc4ccccc4OC)c3C2)c1. The van der Waals surface area contributed by atoms with E-state index >= 15 is 0 Å². The van der Waals surface area contributed by atoms with Gasteiger partial charge in [-0.1, -0.05) is 12.1 Å². The number of rotatable bonds is 7. The third kappa shape index (κ3) is 5.26. The van der Waals surface area contributed by atoms with Gasteiger partial charge in [0.15, 0.2) is 11.5 Å². The van der Waals surface area contributed by atoms with Gasteiger partial charge in [0.05, 0.1) is 39.1 Å². The Balaban J connectivity index is 1.50. The summed E-state index contributed by atoms with van der Waals surface area (Å²) in [6.45, 7) is 2.72. The van der Waals surface area contributed by atoms with Crippen LogP contribution in [0.25, 0.3) is 0 Å². The number of aromatic nitrogens is 2. The van der Waals surface area contributed by atoms with Crippen LogP contribution in [-0.4, -0.2) is 61.7 Å². The van der Waals surface area contributed by atoms with E-state index in [-0.39, 0.29) is 5.91 Å². The van der Waals surface area contributed by atoms with Crippen LogP contribution in [0, 0.1) is 0 Å². The summed E-state index contributed by atoms with van der Waals surface area (Å²) in [6.07, 6.45) is 4.07. The molecule has 1 fully saturated rings. The predicted octanol–water partition coefficient (Wildman–Crippen LogP) is 4.48. The van der Waals surface area contributed by atoms with Crippen LogP contribution in [0.1, 0.15) is 40.9 Å². The standard InChI is InChI=1S/C28H32N4O5/c1-34-20-15-19(16-21(17-20)35-2)27(33)32-14-11-23-22(18-32)26(37-25-10-6-5-9-24(25)36-3)30-28(29-23)31-12-7-4-8-13-31/h5-6,9-10,15-17H,4,7-8,11-14,18H2,1-3H3. The number of ether oxygens (including phenoxy) is 4. The first-order valence-corrected chi connectivity index (χ1v) is 12.6. The molecule has 37 heavy (non-hydrogen) atoms. The molecule has 0 aliphatic carbocycles. The fraction of sp³-hybridized carbons (Fsp3) is 0.393. The van der Waals surface area contributed by atoms with E-state index in [1.54, 1.807) is 44.4 Å². The van der Waals surface area contributed by atoms with E-state index in [0.717, 1.165) is 37.2 Å². The average Bonchev–Trinajstić information content (AvgIpc) is 2.96. The number of anilines is 1. The molecule has 2 aliphatic rings. The van der Waals surface area contributed by atoms with Crippen molar-refractivity contribution in [1.82, 2.24) is 14.9 Å². The van der Waals surface area contributed by atoms with E-state index in [2.05, 4.69) is 4.90 Å². The van der Waals surface area contributed by atoms with E-state index in [4.69, 9.17) is 28.9 Å². The molecule has 2 aliphatic heterocycles. The predicted molar refractivity (Wildman–Crippen MR) is 139 cm³/mol. The minimum absolute atomic E-state index is 0.119. The molecule has 1 saturated heterocycles. The summed E-state index contributed by atoms with van der Waals surface area (Å²) in [6, 6.07) is 12.7. The lowest BCUT2D eigenvalue weighted by molar-refractivity contribution is 0.0731. The smallest absolute Gasteiger partial charge is 0.254 e. The van der Waals surface area contributed by atoms with Gasteiger partial charge in [0.25, 0.3) is 5.91 Å². The molecular formula is C28H32N4O5. The lowest BCUT2D eigenvalue weighted by Gasteiger charge is -2.32. The van der Waals surface area contributed by atoms with Crippen molar-refractivity contribution in [3.63, 3.8) is 0 Å². The minimum atomic E-state index is -0.119. The van der Waals surface area contributed by atoms with E-state index < -0.39 is 0 Å². The summed E-state index contributed by atoms with van der Waals surface area (Å²) in [5, 5.41) is 0. The molecule has 1 aromatic heterocycles.